The predicted molar refractivity (Wildman–Crippen MR) is 101 cm³/mol. The molecule has 9 nitrogen and oxygen atoms in total. The van der Waals surface area contributed by atoms with Crippen LogP contribution >= 0.6 is 11.3 Å². The van der Waals surface area contributed by atoms with E-state index in [9.17, 15) is 19.7 Å². The molecule has 0 amide bonds. The summed E-state index contributed by atoms with van der Waals surface area (Å²) in [6.07, 6.45) is 1.46. The Kier molecular flexibility index (Phi) is 5.83. The van der Waals surface area contributed by atoms with Crippen LogP contribution in [0.3, 0.4) is 0 Å². The van der Waals surface area contributed by atoms with Crippen LogP contribution in [0.4, 0.5) is 5.69 Å². The fraction of sp³-hybridized carbons (Fsp3) is 0.467. The van der Waals surface area contributed by atoms with Crippen molar-refractivity contribution < 1.29 is 19.6 Å². The van der Waals surface area contributed by atoms with Gasteiger partial charge in [0.1, 0.15) is 16.5 Å². The summed E-state index contributed by atoms with van der Waals surface area (Å²) in [7, 11) is 0.306. The van der Waals surface area contributed by atoms with E-state index in [-0.39, 0.29) is 27.7 Å². The van der Waals surface area contributed by atoms with Gasteiger partial charge in [-0.3, -0.25) is 24.3 Å². The second kappa shape index (κ2) is 7.56. The number of carboxylic acids is 1. The zero-order valence-corrected chi connectivity index (χ0v) is 16.8. The van der Waals surface area contributed by atoms with E-state index in [1.54, 1.807) is 0 Å². The van der Waals surface area contributed by atoms with Gasteiger partial charge in [-0.2, -0.15) is 0 Å². The van der Waals surface area contributed by atoms with Crippen molar-refractivity contribution in [3.63, 3.8) is 0 Å². The molecule has 0 atom stereocenters. The molecular weight excluding hydrogens is 378 g/mol. The van der Waals surface area contributed by atoms with Gasteiger partial charge in [0.2, 0.25) is 0 Å². The van der Waals surface area contributed by atoms with Crippen molar-refractivity contribution in [3.8, 4) is 10.4 Å². The van der Waals surface area contributed by atoms with Crippen LogP contribution in [0.5, 0.6) is 0 Å². The van der Waals surface area contributed by atoms with E-state index in [0.29, 0.717) is 17.9 Å². The number of rotatable bonds is 8. The van der Waals surface area contributed by atoms with Gasteiger partial charge in [0.05, 0.1) is 10.5 Å². The highest BCUT2D eigenvalue weighted by atomic mass is 32.1. The molecule has 0 aromatic carbocycles. The first-order valence-electron chi connectivity index (χ1n) is 7.87. The van der Waals surface area contributed by atoms with Crippen molar-refractivity contribution >= 4 is 31.1 Å². The van der Waals surface area contributed by atoms with Gasteiger partial charge >= 0.3 is 5.97 Å². The molecule has 1 N–H and O–H groups in total. The quantitative estimate of drug-likeness (QED) is 0.316. The van der Waals surface area contributed by atoms with Crippen LogP contribution in [0.15, 0.2) is 17.1 Å². The van der Waals surface area contributed by atoms with Crippen molar-refractivity contribution in [2.24, 2.45) is 7.05 Å². The Morgan fingerprint density at radius 3 is 2.62 bits per heavy atom. The van der Waals surface area contributed by atoms with Crippen molar-refractivity contribution in [1.29, 1.82) is 0 Å². The summed E-state index contributed by atoms with van der Waals surface area (Å²) in [5, 5.41) is 20.3. The van der Waals surface area contributed by atoms with Crippen LogP contribution in [0.1, 0.15) is 9.67 Å². The lowest BCUT2D eigenvalue weighted by molar-refractivity contribution is -0.383. The standard InChI is InChI=1S/C15H21N3O6SSi/c1-16-14(19)10(8-17(16)9-24-5-6-26(2,3)4)13-11(18(22)23)7-12(25-13)15(20)21/h7-8H,5-6,9H2,1-4H3,(H,20,21). The van der Waals surface area contributed by atoms with Crippen LogP contribution in [0.2, 0.25) is 25.7 Å². The van der Waals surface area contributed by atoms with Crippen LogP contribution in [-0.4, -0.2) is 40.0 Å². The summed E-state index contributed by atoms with van der Waals surface area (Å²) < 4.78 is 8.43. The molecule has 142 valence electrons. The topological polar surface area (TPSA) is 117 Å². The Morgan fingerprint density at radius 1 is 1.42 bits per heavy atom. The summed E-state index contributed by atoms with van der Waals surface area (Å²) in [4.78, 5) is 34.0. The molecule has 0 radical (unpaired) electrons. The van der Waals surface area contributed by atoms with Gasteiger partial charge in [0.25, 0.3) is 11.2 Å². The minimum Gasteiger partial charge on any atom is -0.477 e. The number of ether oxygens (including phenoxy) is 1. The van der Waals surface area contributed by atoms with Crippen LogP contribution in [0, 0.1) is 10.1 Å². The van der Waals surface area contributed by atoms with E-state index < -0.39 is 24.5 Å². The Labute approximate surface area is 154 Å². The van der Waals surface area contributed by atoms with Crippen LogP contribution in [-0.2, 0) is 18.5 Å². The smallest absolute Gasteiger partial charge is 0.346 e. The lowest BCUT2D eigenvalue weighted by Crippen LogP contribution is -2.24. The second-order valence-electron chi connectivity index (χ2n) is 7.05. The third-order valence-corrected chi connectivity index (χ3v) is 6.62. The Hall–Kier alpha value is -2.24. The highest BCUT2D eigenvalue weighted by molar-refractivity contribution is 7.17. The van der Waals surface area contributed by atoms with Gasteiger partial charge in [-0.05, 0) is 6.04 Å². The number of carboxylic acid groups (broad SMARTS) is 1. The number of aromatic carboxylic acids is 1. The van der Waals surface area contributed by atoms with Crippen molar-refractivity contribution in [1.82, 2.24) is 9.36 Å². The zero-order chi connectivity index (χ0) is 19.6. The molecule has 2 aromatic heterocycles. The number of thiophene rings is 1. The van der Waals surface area contributed by atoms with Crippen molar-refractivity contribution in [3.05, 3.63) is 37.6 Å². The largest absolute Gasteiger partial charge is 0.477 e. The van der Waals surface area contributed by atoms with Crippen LogP contribution < -0.4 is 5.56 Å². The first-order valence-corrected chi connectivity index (χ1v) is 12.4. The number of aromatic nitrogens is 2. The number of nitrogens with zero attached hydrogens (tertiary/aromatic N) is 3. The van der Waals surface area contributed by atoms with E-state index in [1.165, 1.54) is 22.6 Å². The van der Waals surface area contributed by atoms with E-state index in [1.807, 2.05) is 0 Å². The fourth-order valence-electron chi connectivity index (χ4n) is 2.21. The summed E-state index contributed by atoms with van der Waals surface area (Å²) >= 11 is 0.714. The van der Waals surface area contributed by atoms with E-state index >= 15 is 0 Å². The average Bonchev–Trinajstić information content (AvgIpc) is 3.07. The Morgan fingerprint density at radius 2 is 2.08 bits per heavy atom. The molecule has 2 heterocycles. The number of carbonyl (C=O) groups is 1. The van der Waals surface area contributed by atoms with Gasteiger partial charge in [-0.15, -0.1) is 11.3 Å². The fourth-order valence-corrected chi connectivity index (χ4v) is 3.94. The average molecular weight is 400 g/mol. The lowest BCUT2D eigenvalue weighted by Gasteiger charge is -2.16. The summed E-state index contributed by atoms with van der Waals surface area (Å²) in [5.41, 5.74) is -0.743. The molecule has 0 bridgehead atoms. The second-order valence-corrected chi connectivity index (χ2v) is 13.7. The number of nitro groups is 1. The Balaban J connectivity index is 2.31. The molecule has 26 heavy (non-hydrogen) atoms. The van der Waals surface area contributed by atoms with Gasteiger partial charge in [0, 0.05) is 34.0 Å². The number of hydrogen-bond donors (Lipinski definition) is 1. The molecule has 2 aromatic rings. The molecular formula is C15H21N3O6SSi. The maximum Gasteiger partial charge on any atom is 0.346 e. The van der Waals surface area contributed by atoms with Crippen LogP contribution in [0.25, 0.3) is 10.4 Å². The zero-order valence-electron chi connectivity index (χ0n) is 15.0. The molecule has 0 unspecified atom stereocenters. The predicted octanol–water partition coefficient (Wildman–Crippen LogP) is 2.83. The monoisotopic (exact) mass is 399 g/mol. The van der Waals surface area contributed by atoms with Crippen molar-refractivity contribution in [2.75, 3.05) is 6.61 Å². The minimum atomic E-state index is -1.27. The Bertz CT molecular complexity index is 892. The van der Waals surface area contributed by atoms with E-state index in [2.05, 4.69) is 19.6 Å². The normalized spacial score (nSPS) is 11.7. The highest BCUT2D eigenvalue weighted by Crippen LogP contribution is 2.36. The van der Waals surface area contributed by atoms with E-state index in [4.69, 9.17) is 9.84 Å². The maximum absolute atomic E-state index is 12.5. The third-order valence-electron chi connectivity index (χ3n) is 3.77. The first kappa shape index (κ1) is 20.1. The van der Waals surface area contributed by atoms with Crippen molar-refractivity contribution in [2.45, 2.75) is 32.4 Å². The van der Waals surface area contributed by atoms with Gasteiger partial charge < -0.3 is 9.84 Å². The SMILES string of the molecule is Cn1c(=O)c(-c2sc(C(=O)O)cc2[N+](=O)[O-])cn1COCC[Si](C)(C)C. The molecule has 11 heteroatoms. The molecule has 2 rings (SSSR count). The van der Waals surface area contributed by atoms with Gasteiger partial charge in [-0.1, -0.05) is 19.6 Å². The summed E-state index contributed by atoms with van der Waals surface area (Å²) in [6, 6.07) is 1.96. The maximum atomic E-state index is 12.5. The molecule has 0 saturated heterocycles. The summed E-state index contributed by atoms with van der Waals surface area (Å²) in [5.74, 6) is -1.27. The summed E-state index contributed by atoms with van der Waals surface area (Å²) in [6.45, 7) is 7.41. The molecule has 0 fully saturated rings. The van der Waals surface area contributed by atoms with E-state index in [0.717, 1.165) is 12.1 Å². The molecule has 0 aliphatic rings. The highest BCUT2D eigenvalue weighted by Gasteiger charge is 2.26. The lowest BCUT2D eigenvalue weighted by atomic mass is 10.2. The molecule has 0 saturated carbocycles. The molecule has 0 aliphatic carbocycles. The first-order chi connectivity index (χ1) is 12.0. The minimum absolute atomic E-state index is 0.0360. The third kappa shape index (κ3) is 4.48. The number of hydrogen-bond acceptors (Lipinski definition) is 6. The molecule has 0 aliphatic heterocycles. The molecule has 0 spiro atoms. The van der Waals surface area contributed by atoms with Gasteiger partial charge in [0.15, 0.2) is 0 Å². The van der Waals surface area contributed by atoms with Gasteiger partial charge in [-0.25, -0.2) is 4.79 Å².